The van der Waals surface area contributed by atoms with E-state index in [0.717, 1.165) is 32.1 Å². The van der Waals surface area contributed by atoms with Crippen molar-refractivity contribution in [2.24, 2.45) is 5.92 Å². The second-order valence-corrected chi connectivity index (χ2v) is 7.26. The third-order valence-corrected chi connectivity index (χ3v) is 4.85. The summed E-state index contributed by atoms with van der Waals surface area (Å²) in [5.74, 6) is 0.220. The van der Waals surface area contributed by atoms with Crippen LogP contribution in [0.2, 0.25) is 0 Å². The van der Waals surface area contributed by atoms with Gasteiger partial charge in [-0.2, -0.15) is 0 Å². The summed E-state index contributed by atoms with van der Waals surface area (Å²) in [7, 11) is 1.76. The molecule has 18 heavy (non-hydrogen) atoms. The van der Waals surface area contributed by atoms with E-state index in [4.69, 9.17) is 9.47 Å². The predicted molar refractivity (Wildman–Crippen MR) is 71.6 cm³/mol. The van der Waals surface area contributed by atoms with Crippen molar-refractivity contribution in [3.05, 3.63) is 0 Å². The normalized spacial score (nSPS) is 43.0. The van der Waals surface area contributed by atoms with Crippen LogP contribution in [0.5, 0.6) is 0 Å². The zero-order valence-corrected chi connectivity index (χ0v) is 12.5. The first kappa shape index (κ1) is 14.3. The van der Waals surface area contributed by atoms with E-state index in [1.54, 1.807) is 7.11 Å². The van der Waals surface area contributed by atoms with E-state index < -0.39 is 5.60 Å². The molecule has 1 saturated heterocycles. The average molecular weight is 256 g/mol. The molecule has 0 bridgehead atoms. The molecule has 1 saturated carbocycles. The van der Waals surface area contributed by atoms with Gasteiger partial charge in [-0.15, -0.1) is 0 Å². The molecule has 1 atom stereocenters. The molecule has 1 aliphatic carbocycles. The lowest BCUT2D eigenvalue weighted by molar-refractivity contribution is -0.134. The minimum atomic E-state index is -0.577. The Labute approximate surface area is 111 Å². The maximum Gasteiger partial charge on any atom is 0.0706 e. The quantitative estimate of drug-likeness (QED) is 0.825. The molecule has 0 aromatic carbocycles. The largest absolute Gasteiger partial charge is 0.389 e. The molecule has 1 unspecified atom stereocenters. The minimum absolute atomic E-state index is 0.123. The van der Waals surface area contributed by atoms with Gasteiger partial charge in [0.2, 0.25) is 0 Å². The SMILES string of the molecule is COC1CCC(O)(C2CC(C)(C)OC2(C)C)CC1. The number of ether oxygens (including phenoxy) is 2. The molecule has 0 radical (unpaired) electrons. The molecule has 0 aromatic heterocycles. The standard InChI is InChI=1S/C15H28O3/c1-13(2)10-12(14(3,4)18-13)15(16)8-6-11(17-5)7-9-15/h11-12,16H,6-10H2,1-5H3. The Kier molecular flexibility index (Phi) is 3.54. The fraction of sp³-hybridized carbons (Fsp3) is 1.00. The van der Waals surface area contributed by atoms with Crippen LogP contribution in [0.3, 0.4) is 0 Å². The van der Waals surface area contributed by atoms with E-state index >= 15 is 0 Å². The highest BCUT2D eigenvalue weighted by Gasteiger charge is 2.55. The van der Waals surface area contributed by atoms with Crippen LogP contribution >= 0.6 is 0 Å². The van der Waals surface area contributed by atoms with Crippen LogP contribution in [-0.2, 0) is 9.47 Å². The highest BCUT2D eigenvalue weighted by Crippen LogP contribution is 2.51. The number of hydrogen-bond donors (Lipinski definition) is 1. The van der Waals surface area contributed by atoms with Crippen molar-refractivity contribution in [2.45, 2.75) is 82.7 Å². The Morgan fingerprint density at radius 2 is 1.67 bits per heavy atom. The maximum absolute atomic E-state index is 11.0. The lowest BCUT2D eigenvalue weighted by atomic mass is 9.67. The number of methoxy groups -OCH3 is 1. The summed E-state index contributed by atoms with van der Waals surface area (Å²) in [6.07, 6.45) is 4.84. The second kappa shape index (κ2) is 4.46. The molecular weight excluding hydrogens is 228 g/mol. The summed E-state index contributed by atoms with van der Waals surface area (Å²) in [5.41, 5.74) is -0.938. The van der Waals surface area contributed by atoms with E-state index in [9.17, 15) is 5.11 Å². The van der Waals surface area contributed by atoms with Crippen LogP contribution in [-0.4, -0.2) is 35.1 Å². The van der Waals surface area contributed by atoms with Crippen LogP contribution in [0.1, 0.15) is 59.8 Å². The summed E-state index contributed by atoms with van der Waals surface area (Å²) in [6, 6.07) is 0. The molecule has 0 spiro atoms. The van der Waals surface area contributed by atoms with Crippen LogP contribution in [0, 0.1) is 5.92 Å². The first-order valence-corrected chi connectivity index (χ1v) is 7.14. The highest BCUT2D eigenvalue weighted by atomic mass is 16.5. The van der Waals surface area contributed by atoms with Crippen LogP contribution in [0.15, 0.2) is 0 Å². The average Bonchev–Trinajstić information content (AvgIpc) is 2.48. The molecule has 1 N–H and O–H groups in total. The topological polar surface area (TPSA) is 38.7 Å². The number of hydrogen-bond acceptors (Lipinski definition) is 3. The van der Waals surface area contributed by atoms with Crippen molar-refractivity contribution in [2.75, 3.05) is 7.11 Å². The van der Waals surface area contributed by atoms with Gasteiger partial charge in [0.05, 0.1) is 22.9 Å². The third kappa shape index (κ3) is 2.59. The third-order valence-electron chi connectivity index (χ3n) is 4.85. The van der Waals surface area contributed by atoms with Gasteiger partial charge in [0.25, 0.3) is 0 Å². The van der Waals surface area contributed by atoms with Gasteiger partial charge in [-0.05, 0) is 59.8 Å². The van der Waals surface area contributed by atoms with E-state index in [-0.39, 0.29) is 17.1 Å². The van der Waals surface area contributed by atoms with E-state index in [1.165, 1.54) is 0 Å². The van der Waals surface area contributed by atoms with Gasteiger partial charge in [0.1, 0.15) is 0 Å². The zero-order chi connectivity index (χ0) is 13.6. The summed E-state index contributed by atoms with van der Waals surface area (Å²) in [5, 5.41) is 11.0. The molecule has 2 fully saturated rings. The molecule has 0 amide bonds. The van der Waals surface area contributed by atoms with Crippen LogP contribution in [0.25, 0.3) is 0 Å². The number of aliphatic hydroxyl groups is 1. The predicted octanol–water partition coefficient (Wildman–Crippen LogP) is 2.90. The Morgan fingerprint density at radius 3 is 2.06 bits per heavy atom. The summed E-state index contributed by atoms with van der Waals surface area (Å²) in [6.45, 7) is 8.48. The Morgan fingerprint density at radius 1 is 1.11 bits per heavy atom. The van der Waals surface area contributed by atoms with E-state index in [1.807, 2.05) is 0 Å². The number of rotatable bonds is 2. The molecule has 2 aliphatic rings. The monoisotopic (exact) mass is 256 g/mol. The smallest absolute Gasteiger partial charge is 0.0706 e. The van der Waals surface area contributed by atoms with Crippen molar-refractivity contribution < 1.29 is 14.6 Å². The molecule has 106 valence electrons. The Hall–Kier alpha value is -0.120. The van der Waals surface area contributed by atoms with Gasteiger partial charge in [-0.25, -0.2) is 0 Å². The molecule has 1 aliphatic heterocycles. The van der Waals surface area contributed by atoms with Crippen molar-refractivity contribution in [1.82, 2.24) is 0 Å². The van der Waals surface area contributed by atoms with Crippen molar-refractivity contribution in [3.8, 4) is 0 Å². The molecule has 2 rings (SSSR count). The van der Waals surface area contributed by atoms with Crippen LogP contribution in [0.4, 0.5) is 0 Å². The fourth-order valence-corrected chi connectivity index (χ4v) is 4.07. The maximum atomic E-state index is 11.0. The molecular formula is C15H28O3. The lowest BCUT2D eigenvalue weighted by Crippen LogP contribution is -2.49. The van der Waals surface area contributed by atoms with E-state index in [0.29, 0.717) is 6.10 Å². The van der Waals surface area contributed by atoms with E-state index in [2.05, 4.69) is 27.7 Å². The first-order valence-electron chi connectivity index (χ1n) is 7.14. The van der Waals surface area contributed by atoms with Crippen molar-refractivity contribution in [3.63, 3.8) is 0 Å². The zero-order valence-electron chi connectivity index (χ0n) is 12.5. The van der Waals surface area contributed by atoms with Gasteiger partial charge >= 0.3 is 0 Å². The second-order valence-electron chi connectivity index (χ2n) is 7.26. The molecule has 3 heteroatoms. The van der Waals surface area contributed by atoms with Gasteiger partial charge in [0, 0.05) is 13.0 Å². The lowest BCUT2D eigenvalue weighted by Gasteiger charge is -2.44. The molecule has 0 aromatic rings. The first-order chi connectivity index (χ1) is 8.19. The fourth-order valence-electron chi connectivity index (χ4n) is 4.07. The minimum Gasteiger partial charge on any atom is -0.389 e. The Balaban J connectivity index is 2.11. The van der Waals surface area contributed by atoms with Gasteiger partial charge in [-0.3, -0.25) is 0 Å². The van der Waals surface area contributed by atoms with Gasteiger partial charge < -0.3 is 14.6 Å². The van der Waals surface area contributed by atoms with Gasteiger partial charge in [0.15, 0.2) is 0 Å². The Bertz CT molecular complexity index is 301. The summed E-state index contributed by atoms with van der Waals surface area (Å²) in [4.78, 5) is 0. The van der Waals surface area contributed by atoms with Crippen molar-refractivity contribution in [1.29, 1.82) is 0 Å². The molecule has 3 nitrogen and oxygen atoms in total. The highest BCUT2D eigenvalue weighted by molar-refractivity contribution is 5.05. The van der Waals surface area contributed by atoms with Gasteiger partial charge in [-0.1, -0.05) is 0 Å². The summed E-state index contributed by atoms with van der Waals surface area (Å²) < 4.78 is 11.5. The molecule has 1 heterocycles. The van der Waals surface area contributed by atoms with Crippen molar-refractivity contribution >= 4 is 0 Å². The summed E-state index contributed by atoms with van der Waals surface area (Å²) >= 11 is 0. The van der Waals surface area contributed by atoms with Crippen LogP contribution < -0.4 is 0 Å².